The molecule has 0 bridgehead atoms. The van der Waals surface area contributed by atoms with E-state index in [4.69, 9.17) is 0 Å². The molecule has 4 aromatic rings. The summed E-state index contributed by atoms with van der Waals surface area (Å²) >= 11 is 3.28. The van der Waals surface area contributed by atoms with Gasteiger partial charge in [-0.2, -0.15) is 12.8 Å². The number of rotatable bonds is 6. The maximum absolute atomic E-state index is 13.3. The Balaban J connectivity index is 1.69. The Hall–Kier alpha value is -2.57. The number of pyridine rings is 1. The monoisotopic (exact) mass is 578 g/mol. The molecule has 7 nitrogen and oxygen atoms in total. The number of benzene rings is 2. The fourth-order valence-electron chi connectivity index (χ4n) is 3.29. The second-order valence-electron chi connectivity index (χ2n) is 7.15. The highest BCUT2D eigenvalue weighted by atomic mass is 127. The number of fused-ring (bicyclic) bond motifs is 1. The lowest BCUT2D eigenvalue weighted by Crippen LogP contribution is -2.30. The number of aromatic nitrogens is 2. The van der Waals surface area contributed by atoms with Gasteiger partial charge in [0, 0.05) is 16.8 Å². The zero-order valence-corrected chi connectivity index (χ0v) is 21.0. The predicted molar refractivity (Wildman–Crippen MR) is 134 cm³/mol. The van der Waals surface area contributed by atoms with Gasteiger partial charge in [0.25, 0.3) is 15.9 Å². The summed E-state index contributed by atoms with van der Waals surface area (Å²) in [6.45, 7) is 1.93. The molecule has 0 aliphatic carbocycles. The Bertz CT molecular complexity index is 1390. The quantitative estimate of drug-likeness (QED) is 0.328. The van der Waals surface area contributed by atoms with E-state index in [-0.39, 0.29) is 28.2 Å². The van der Waals surface area contributed by atoms with Crippen LogP contribution in [0.1, 0.15) is 28.9 Å². The van der Waals surface area contributed by atoms with Crippen LogP contribution in [0.15, 0.2) is 72.0 Å². The van der Waals surface area contributed by atoms with Crippen LogP contribution >= 0.6 is 34.1 Å². The second-order valence-corrected chi connectivity index (χ2v) is 10.8. The van der Waals surface area contributed by atoms with E-state index >= 15 is 0 Å². The number of nitrogens with zero attached hydrogens (tertiary/aromatic N) is 3. The van der Waals surface area contributed by atoms with Crippen LogP contribution in [0.25, 0.3) is 10.1 Å². The zero-order valence-electron chi connectivity index (χ0n) is 17.2. The van der Waals surface area contributed by atoms with Gasteiger partial charge in [0.1, 0.15) is 0 Å². The number of amides is 1. The number of carbonyl (C=O) groups excluding carboxylic acids is 1. The third-order valence-electron chi connectivity index (χ3n) is 5.14. The van der Waals surface area contributed by atoms with Crippen LogP contribution in [-0.4, -0.2) is 35.6 Å². The Kier molecular flexibility index (Phi) is 6.45. The van der Waals surface area contributed by atoms with Crippen molar-refractivity contribution < 1.29 is 13.2 Å². The average Bonchev–Trinajstić information content (AvgIpc) is 3.27. The first-order valence-corrected chi connectivity index (χ1v) is 13.0. The molecule has 0 radical (unpaired) electrons. The van der Waals surface area contributed by atoms with Gasteiger partial charge in [0.2, 0.25) is 0 Å². The maximum atomic E-state index is 13.3. The second kappa shape index (κ2) is 9.12. The number of nitrogens with one attached hydrogen (secondary N) is 1. The summed E-state index contributed by atoms with van der Waals surface area (Å²) in [5, 5.41) is 0.324. The molecule has 0 saturated carbocycles. The summed E-state index contributed by atoms with van der Waals surface area (Å²) in [7, 11) is -2.35. The van der Waals surface area contributed by atoms with E-state index in [1.165, 1.54) is 23.9 Å². The van der Waals surface area contributed by atoms with Gasteiger partial charge < -0.3 is 4.90 Å². The van der Waals surface area contributed by atoms with Crippen molar-refractivity contribution in [1.29, 1.82) is 0 Å². The molecule has 2 heterocycles. The number of halogens is 1. The van der Waals surface area contributed by atoms with Crippen LogP contribution < -0.4 is 4.72 Å². The Morgan fingerprint density at radius 1 is 1.16 bits per heavy atom. The molecule has 0 fully saturated rings. The van der Waals surface area contributed by atoms with E-state index in [1.807, 2.05) is 37.3 Å². The van der Waals surface area contributed by atoms with E-state index in [2.05, 4.69) is 36.7 Å². The fourth-order valence-corrected chi connectivity index (χ4v) is 5.69. The van der Waals surface area contributed by atoms with Gasteiger partial charge in [-0.15, -0.1) is 0 Å². The van der Waals surface area contributed by atoms with Crippen LogP contribution in [0, 0.1) is 3.57 Å². The minimum atomic E-state index is -4.05. The van der Waals surface area contributed by atoms with Crippen LogP contribution in [0.3, 0.4) is 0 Å². The van der Waals surface area contributed by atoms with Gasteiger partial charge in [-0.3, -0.25) is 9.52 Å². The molecule has 0 saturated heterocycles. The average molecular weight is 578 g/mol. The van der Waals surface area contributed by atoms with Gasteiger partial charge in [-0.1, -0.05) is 30.3 Å². The molecule has 1 atom stereocenters. The van der Waals surface area contributed by atoms with Crippen LogP contribution in [0.2, 0.25) is 0 Å². The van der Waals surface area contributed by atoms with Gasteiger partial charge in [-0.25, -0.2) is 4.98 Å². The number of anilines is 1. The molecule has 4 rings (SSSR count). The molecule has 0 aliphatic rings. The molecule has 164 valence electrons. The Morgan fingerprint density at radius 3 is 2.66 bits per heavy atom. The van der Waals surface area contributed by atoms with Crippen molar-refractivity contribution >= 4 is 65.8 Å². The highest BCUT2D eigenvalue weighted by Crippen LogP contribution is 2.29. The van der Waals surface area contributed by atoms with Crippen molar-refractivity contribution in [3.63, 3.8) is 0 Å². The SMILES string of the molecule is C[C@H](c1ccccc1)N(C)C(=O)c1ccc(I)cc1NS(=O)(=O)c1nccc2sncc12. The first-order valence-electron chi connectivity index (χ1n) is 9.62. The molecule has 1 N–H and O–H groups in total. The summed E-state index contributed by atoms with van der Waals surface area (Å²) in [5.41, 5.74) is 1.45. The van der Waals surface area contributed by atoms with Gasteiger partial charge in [0.15, 0.2) is 5.03 Å². The molecule has 0 spiro atoms. The molecule has 2 aromatic carbocycles. The van der Waals surface area contributed by atoms with Gasteiger partial charge in [-0.05, 0) is 70.9 Å². The molecule has 0 aliphatic heterocycles. The standard InChI is InChI=1S/C22H19IN4O3S2/c1-14(15-6-4-3-5-7-15)27(2)22(28)17-9-8-16(23)12-19(17)26-32(29,30)21-18-13-25-31-20(18)10-11-24-21/h3-14,26H,1-2H3/t14-/m1/s1. The third kappa shape index (κ3) is 4.48. The van der Waals surface area contributed by atoms with E-state index in [0.29, 0.717) is 5.39 Å². The normalized spacial score (nSPS) is 12.5. The van der Waals surface area contributed by atoms with Crippen LogP contribution in [-0.2, 0) is 10.0 Å². The summed E-state index contributed by atoms with van der Waals surface area (Å²) < 4.78 is 34.5. The predicted octanol–water partition coefficient (Wildman–Crippen LogP) is 4.93. The van der Waals surface area contributed by atoms with Gasteiger partial charge in [0.05, 0.1) is 33.6 Å². The van der Waals surface area contributed by atoms with Crippen molar-refractivity contribution in [1.82, 2.24) is 14.3 Å². The van der Waals surface area contributed by atoms with Crippen LogP contribution in [0.4, 0.5) is 5.69 Å². The lowest BCUT2D eigenvalue weighted by atomic mass is 10.1. The highest BCUT2D eigenvalue weighted by molar-refractivity contribution is 14.1. The van der Waals surface area contributed by atoms with Crippen molar-refractivity contribution in [2.45, 2.75) is 18.0 Å². The zero-order chi connectivity index (χ0) is 22.9. The van der Waals surface area contributed by atoms with Crippen LogP contribution in [0.5, 0.6) is 0 Å². The fraction of sp³-hybridized carbons (Fsp3) is 0.136. The molecule has 1 amide bonds. The smallest absolute Gasteiger partial charge is 0.280 e. The number of sulfonamides is 1. The maximum Gasteiger partial charge on any atom is 0.280 e. The van der Waals surface area contributed by atoms with E-state index in [0.717, 1.165) is 13.8 Å². The lowest BCUT2D eigenvalue weighted by molar-refractivity contribution is 0.0743. The van der Waals surface area contributed by atoms with Crippen molar-refractivity contribution in [3.05, 3.63) is 81.7 Å². The number of hydrogen-bond donors (Lipinski definition) is 1. The minimum Gasteiger partial charge on any atom is -0.335 e. The molecule has 0 unspecified atom stereocenters. The topological polar surface area (TPSA) is 92.3 Å². The summed E-state index contributed by atoms with van der Waals surface area (Å²) in [6, 6.07) is 16.2. The Labute approximate surface area is 203 Å². The summed E-state index contributed by atoms with van der Waals surface area (Å²) in [6.07, 6.45) is 2.92. The van der Waals surface area contributed by atoms with E-state index in [9.17, 15) is 13.2 Å². The van der Waals surface area contributed by atoms with Crippen molar-refractivity contribution in [2.75, 3.05) is 11.8 Å². The Morgan fingerprint density at radius 2 is 1.91 bits per heavy atom. The first kappa shape index (κ1) is 22.6. The molecular weight excluding hydrogens is 559 g/mol. The lowest BCUT2D eigenvalue weighted by Gasteiger charge is -2.26. The molecule has 2 aromatic heterocycles. The molecular formula is C22H19IN4O3S2. The first-order chi connectivity index (χ1) is 15.3. The largest absolute Gasteiger partial charge is 0.335 e. The van der Waals surface area contributed by atoms with Gasteiger partial charge >= 0.3 is 0 Å². The summed E-state index contributed by atoms with van der Waals surface area (Å²) in [5.74, 6) is -0.293. The highest BCUT2D eigenvalue weighted by Gasteiger charge is 2.26. The molecule has 10 heteroatoms. The third-order valence-corrected chi connectivity index (χ3v) is 7.90. The van der Waals surface area contributed by atoms with E-state index in [1.54, 1.807) is 36.2 Å². The van der Waals surface area contributed by atoms with Crippen molar-refractivity contribution in [3.8, 4) is 0 Å². The van der Waals surface area contributed by atoms with Crippen molar-refractivity contribution in [2.24, 2.45) is 0 Å². The minimum absolute atomic E-state index is 0.119. The number of carbonyl (C=O) groups is 1. The molecule has 32 heavy (non-hydrogen) atoms. The van der Waals surface area contributed by atoms with E-state index < -0.39 is 10.0 Å². The summed E-state index contributed by atoms with van der Waals surface area (Å²) in [4.78, 5) is 19.0. The number of hydrogen-bond acceptors (Lipinski definition) is 6.